The zero-order valence-electron chi connectivity index (χ0n) is 14.0. The molecule has 0 aliphatic heterocycles. The molecule has 7 heteroatoms. The third-order valence-corrected chi connectivity index (χ3v) is 3.48. The van der Waals surface area contributed by atoms with Gasteiger partial charge in [0.05, 0.1) is 6.42 Å². The first-order chi connectivity index (χ1) is 12.0. The van der Waals surface area contributed by atoms with Crippen molar-refractivity contribution in [2.75, 3.05) is 13.6 Å². The lowest BCUT2D eigenvalue weighted by Gasteiger charge is -2.17. The molecular weight excluding hydrogens is 322 g/mol. The number of hydrogen-bond donors (Lipinski definition) is 2. The quantitative estimate of drug-likeness (QED) is 0.767. The molecule has 1 aromatic heterocycles. The van der Waals surface area contributed by atoms with E-state index in [1.54, 1.807) is 25.4 Å². The van der Waals surface area contributed by atoms with E-state index in [1.165, 1.54) is 4.90 Å². The number of nitrogens with zero attached hydrogens (tertiary/aromatic N) is 2. The zero-order chi connectivity index (χ0) is 18.1. The number of carboxylic acid groups (broad SMARTS) is 1. The minimum Gasteiger partial charge on any atom is -0.481 e. The Morgan fingerprint density at radius 1 is 1.20 bits per heavy atom. The predicted octanol–water partition coefficient (Wildman–Crippen LogP) is 2.28. The summed E-state index contributed by atoms with van der Waals surface area (Å²) < 4.78 is 5.65. The van der Waals surface area contributed by atoms with Gasteiger partial charge in [-0.15, -0.1) is 0 Å². The molecule has 2 aromatic rings. The van der Waals surface area contributed by atoms with Crippen molar-refractivity contribution in [1.29, 1.82) is 0 Å². The van der Waals surface area contributed by atoms with Crippen LogP contribution in [0.25, 0.3) is 0 Å². The van der Waals surface area contributed by atoms with Gasteiger partial charge in [-0.2, -0.15) is 0 Å². The highest BCUT2D eigenvalue weighted by molar-refractivity contribution is 5.75. The summed E-state index contributed by atoms with van der Waals surface area (Å²) in [5.41, 5.74) is 1.89. The molecule has 0 fully saturated rings. The number of rotatable bonds is 8. The number of carbonyl (C=O) groups excluding carboxylic acids is 1. The van der Waals surface area contributed by atoms with Crippen LogP contribution in [-0.4, -0.2) is 40.6 Å². The maximum atomic E-state index is 11.9. The van der Waals surface area contributed by atoms with E-state index in [0.717, 1.165) is 11.1 Å². The van der Waals surface area contributed by atoms with Crippen molar-refractivity contribution in [3.05, 3.63) is 59.8 Å². The standard InChI is InChI=1S/C18H21N3O4/c1-21(10-8-17(22)23)18(24)20-12-15-7-9-19-16(11-15)25-13-14-5-3-2-4-6-14/h2-7,9,11H,8,10,12-13H2,1H3,(H,20,24)(H,22,23). The molecule has 2 rings (SSSR count). The van der Waals surface area contributed by atoms with E-state index < -0.39 is 5.97 Å². The second-order valence-corrected chi connectivity index (χ2v) is 5.50. The van der Waals surface area contributed by atoms with E-state index in [1.807, 2.05) is 30.3 Å². The summed E-state index contributed by atoms with van der Waals surface area (Å²) >= 11 is 0. The maximum absolute atomic E-state index is 11.9. The minimum absolute atomic E-state index is 0.0867. The Kier molecular flexibility index (Phi) is 6.76. The molecular formula is C18H21N3O4. The van der Waals surface area contributed by atoms with Gasteiger partial charge in [-0.05, 0) is 17.2 Å². The van der Waals surface area contributed by atoms with Crippen LogP contribution in [0.1, 0.15) is 17.5 Å². The summed E-state index contributed by atoms with van der Waals surface area (Å²) in [5, 5.41) is 11.4. The van der Waals surface area contributed by atoms with Crippen molar-refractivity contribution in [3.8, 4) is 5.88 Å². The molecule has 0 saturated carbocycles. The first-order valence-electron chi connectivity index (χ1n) is 7.87. The number of nitrogens with one attached hydrogen (secondary N) is 1. The number of ether oxygens (including phenoxy) is 1. The Hall–Kier alpha value is -3.09. The van der Waals surface area contributed by atoms with Gasteiger partial charge in [-0.1, -0.05) is 30.3 Å². The maximum Gasteiger partial charge on any atom is 0.317 e. The summed E-state index contributed by atoms with van der Waals surface area (Å²) in [4.78, 5) is 27.9. The number of aromatic nitrogens is 1. The van der Waals surface area contributed by atoms with Gasteiger partial charge in [0, 0.05) is 32.4 Å². The van der Waals surface area contributed by atoms with Gasteiger partial charge in [-0.3, -0.25) is 4.79 Å². The number of carboxylic acids is 1. The summed E-state index contributed by atoms with van der Waals surface area (Å²) in [7, 11) is 1.55. The van der Waals surface area contributed by atoms with E-state index in [-0.39, 0.29) is 19.0 Å². The highest BCUT2D eigenvalue weighted by atomic mass is 16.5. The van der Waals surface area contributed by atoms with Crippen molar-refractivity contribution < 1.29 is 19.4 Å². The van der Waals surface area contributed by atoms with Crippen molar-refractivity contribution in [1.82, 2.24) is 15.2 Å². The van der Waals surface area contributed by atoms with Crippen molar-refractivity contribution in [2.45, 2.75) is 19.6 Å². The van der Waals surface area contributed by atoms with Crippen LogP contribution >= 0.6 is 0 Å². The molecule has 0 aliphatic rings. The highest BCUT2D eigenvalue weighted by Gasteiger charge is 2.10. The van der Waals surface area contributed by atoms with Crippen LogP contribution in [0.2, 0.25) is 0 Å². The third kappa shape index (κ3) is 6.50. The molecule has 0 saturated heterocycles. The van der Waals surface area contributed by atoms with E-state index in [0.29, 0.717) is 19.0 Å². The van der Waals surface area contributed by atoms with E-state index >= 15 is 0 Å². The second-order valence-electron chi connectivity index (χ2n) is 5.50. The molecule has 0 bridgehead atoms. The summed E-state index contributed by atoms with van der Waals surface area (Å²) in [6.07, 6.45) is 1.53. The molecule has 25 heavy (non-hydrogen) atoms. The first kappa shape index (κ1) is 18.3. The van der Waals surface area contributed by atoms with Crippen molar-refractivity contribution in [2.24, 2.45) is 0 Å². The number of benzene rings is 1. The van der Waals surface area contributed by atoms with E-state index in [9.17, 15) is 9.59 Å². The average molecular weight is 343 g/mol. The average Bonchev–Trinajstić information content (AvgIpc) is 2.63. The lowest BCUT2D eigenvalue weighted by molar-refractivity contribution is -0.137. The number of aliphatic carboxylic acids is 1. The number of pyridine rings is 1. The lowest BCUT2D eigenvalue weighted by Crippen LogP contribution is -2.37. The predicted molar refractivity (Wildman–Crippen MR) is 92.1 cm³/mol. The van der Waals surface area contributed by atoms with E-state index in [4.69, 9.17) is 9.84 Å². The number of amides is 2. The molecule has 0 unspecified atom stereocenters. The number of hydrogen-bond acceptors (Lipinski definition) is 4. The van der Waals surface area contributed by atoms with Gasteiger partial charge in [-0.25, -0.2) is 9.78 Å². The summed E-state index contributed by atoms with van der Waals surface area (Å²) in [5.74, 6) is -0.455. The van der Waals surface area contributed by atoms with Crippen LogP contribution in [0.15, 0.2) is 48.7 Å². The number of carbonyl (C=O) groups is 2. The smallest absolute Gasteiger partial charge is 0.317 e. The van der Waals surface area contributed by atoms with Crippen molar-refractivity contribution in [3.63, 3.8) is 0 Å². The van der Waals surface area contributed by atoms with Crippen LogP contribution in [0, 0.1) is 0 Å². The fourth-order valence-corrected chi connectivity index (χ4v) is 2.05. The molecule has 7 nitrogen and oxygen atoms in total. The molecule has 2 N–H and O–H groups in total. The van der Waals surface area contributed by atoms with Crippen LogP contribution < -0.4 is 10.1 Å². The van der Waals surface area contributed by atoms with Gasteiger partial charge >= 0.3 is 12.0 Å². The zero-order valence-corrected chi connectivity index (χ0v) is 14.0. The van der Waals surface area contributed by atoms with Crippen LogP contribution in [-0.2, 0) is 17.9 Å². The SMILES string of the molecule is CN(CCC(=O)O)C(=O)NCc1ccnc(OCc2ccccc2)c1. The monoisotopic (exact) mass is 343 g/mol. The molecule has 132 valence electrons. The van der Waals surface area contributed by atoms with Gasteiger partial charge < -0.3 is 20.1 Å². The Morgan fingerprint density at radius 2 is 1.96 bits per heavy atom. The van der Waals surface area contributed by atoms with Crippen LogP contribution in [0.5, 0.6) is 5.88 Å². The summed E-state index contributed by atoms with van der Waals surface area (Å²) in [6, 6.07) is 13.0. The largest absolute Gasteiger partial charge is 0.481 e. The molecule has 2 amide bonds. The fraction of sp³-hybridized carbons (Fsp3) is 0.278. The fourth-order valence-electron chi connectivity index (χ4n) is 2.05. The number of urea groups is 1. The third-order valence-electron chi connectivity index (χ3n) is 3.48. The first-order valence-corrected chi connectivity index (χ1v) is 7.87. The topological polar surface area (TPSA) is 91.8 Å². The Morgan fingerprint density at radius 3 is 2.68 bits per heavy atom. The molecule has 0 aliphatic carbocycles. The molecule has 0 atom stereocenters. The van der Waals surface area contributed by atoms with Gasteiger partial charge in [0.15, 0.2) is 0 Å². The van der Waals surface area contributed by atoms with Gasteiger partial charge in [0.25, 0.3) is 0 Å². The highest BCUT2D eigenvalue weighted by Crippen LogP contribution is 2.11. The Labute approximate surface area is 146 Å². The van der Waals surface area contributed by atoms with Gasteiger partial charge in [0.1, 0.15) is 6.61 Å². The normalized spacial score (nSPS) is 10.1. The minimum atomic E-state index is -0.936. The lowest BCUT2D eigenvalue weighted by atomic mass is 10.2. The molecule has 1 aromatic carbocycles. The van der Waals surface area contributed by atoms with Gasteiger partial charge in [0.2, 0.25) is 5.88 Å². The van der Waals surface area contributed by atoms with Crippen LogP contribution in [0.4, 0.5) is 4.79 Å². The molecule has 1 heterocycles. The summed E-state index contributed by atoms with van der Waals surface area (Å²) in [6.45, 7) is 0.880. The Bertz CT molecular complexity index is 706. The second kappa shape index (κ2) is 9.27. The van der Waals surface area contributed by atoms with E-state index in [2.05, 4.69) is 10.3 Å². The molecule has 0 radical (unpaired) electrons. The van der Waals surface area contributed by atoms with Crippen molar-refractivity contribution >= 4 is 12.0 Å². The Balaban J connectivity index is 1.82. The molecule has 0 spiro atoms. The van der Waals surface area contributed by atoms with Crippen LogP contribution in [0.3, 0.4) is 0 Å².